The number of hydrogen-bond donors (Lipinski definition) is 1. The molecule has 1 fully saturated rings. The van der Waals surface area contributed by atoms with Crippen LogP contribution < -0.4 is 25.0 Å². The first-order valence-corrected chi connectivity index (χ1v) is 10.6. The molecule has 1 heterocycles. The lowest BCUT2D eigenvalue weighted by atomic mass is 10.1. The van der Waals surface area contributed by atoms with E-state index in [1.807, 2.05) is 25.1 Å². The Kier molecular flexibility index (Phi) is 11.3. The molecule has 0 radical (unpaired) electrons. The number of aliphatic carboxylic acids is 2. The van der Waals surface area contributed by atoms with Gasteiger partial charge in [0.2, 0.25) is 5.91 Å². The summed E-state index contributed by atoms with van der Waals surface area (Å²) in [5.74, 6) is -2.35. The predicted molar refractivity (Wildman–Crippen MR) is 111 cm³/mol. The fraction of sp³-hybridized carbons (Fsp3) is 0.500. The molecule has 0 spiro atoms. The maximum absolute atomic E-state index is 12.4. The first-order chi connectivity index (χ1) is 15.1. The van der Waals surface area contributed by atoms with Crippen molar-refractivity contribution >= 4 is 35.6 Å². The van der Waals surface area contributed by atoms with Gasteiger partial charge >= 0.3 is 5.97 Å². The molecule has 12 heteroatoms. The van der Waals surface area contributed by atoms with Gasteiger partial charge < -0.3 is 44.2 Å². The van der Waals surface area contributed by atoms with E-state index in [1.165, 1.54) is 7.11 Å². The molecule has 1 N–H and O–H groups in total. The summed E-state index contributed by atoms with van der Waals surface area (Å²) in [5.41, 5.74) is 1.08. The zero-order valence-corrected chi connectivity index (χ0v) is 19.1. The topological polar surface area (TPSA) is 157 Å². The number of nitrogens with zero attached hydrogens (tertiary/aromatic N) is 1. The third kappa shape index (κ3) is 8.27. The Morgan fingerprint density at radius 3 is 2.28 bits per heavy atom. The third-order valence-corrected chi connectivity index (χ3v) is 5.45. The lowest BCUT2D eigenvalue weighted by Crippen LogP contribution is -2.47. The number of esters is 1. The highest BCUT2D eigenvalue weighted by Gasteiger charge is 2.35. The van der Waals surface area contributed by atoms with Crippen molar-refractivity contribution in [3.05, 3.63) is 23.8 Å². The Morgan fingerprint density at radius 2 is 1.75 bits per heavy atom. The molecule has 0 aliphatic carbocycles. The number of rotatable bonds is 8. The standard InChI is InChI=1S/C18H26N2O5S.C2H2O4/c1-12(7-13-5-6-15(23-2)16(8-13)24-3)19-9-17(21)20-11-26-10-14(20)18(22)25-4;3-1(4)2(5)6/h5-6,8,12,14,19H,7,9-11H2,1-4H3;(H,3,4)(H,5,6)/p-2. The Morgan fingerprint density at radius 1 is 1.12 bits per heavy atom. The number of carboxylic acids is 2. The van der Waals surface area contributed by atoms with Crippen LogP contribution >= 0.6 is 11.8 Å². The number of carboxylic acid groups (broad SMARTS) is 2. The molecular weight excluding hydrogens is 444 g/mol. The molecule has 2 rings (SSSR count). The average Bonchev–Trinajstić information content (AvgIpc) is 3.27. The number of benzene rings is 1. The normalized spacial score (nSPS) is 15.8. The van der Waals surface area contributed by atoms with E-state index in [1.54, 1.807) is 30.9 Å². The minimum absolute atomic E-state index is 0.0869. The van der Waals surface area contributed by atoms with E-state index < -0.39 is 18.0 Å². The van der Waals surface area contributed by atoms with Crippen LogP contribution in [-0.4, -0.2) is 80.3 Å². The van der Waals surface area contributed by atoms with Gasteiger partial charge in [-0.25, -0.2) is 4.79 Å². The van der Waals surface area contributed by atoms with Crippen molar-refractivity contribution in [2.75, 3.05) is 39.5 Å². The number of thioether (sulfide) groups is 1. The summed E-state index contributed by atoms with van der Waals surface area (Å²) in [4.78, 5) is 43.6. The highest BCUT2D eigenvalue weighted by Crippen LogP contribution is 2.28. The third-order valence-electron chi connectivity index (χ3n) is 4.43. The van der Waals surface area contributed by atoms with Crippen LogP contribution in [0.2, 0.25) is 0 Å². The molecule has 1 saturated heterocycles. The van der Waals surface area contributed by atoms with Gasteiger partial charge in [0, 0.05) is 11.8 Å². The van der Waals surface area contributed by atoms with Crippen molar-refractivity contribution in [2.24, 2.45) is 0 Å². The molecule has 1 aliphatic heterocycles. The molecule has 1 aromatic rings. The fourth-order valence-electron chi connectivity index (χ4n) is 2.82. The summed E-state index contributed by atoms with van der Waals surface area (Å²) in [6, 6.07) is 5.38. The van der Waals surface area contributed by atoms with E-state index in [2.05, 4.69) is 5.32 Å². The molecular formula is C20H26N2O9S-2. The molecule has 11 nitrogen and oxygen atoms in total. The molecule has 2 atom stereocenters. The van der Waals surface area contributed by atoms with Crippen molar-refractivity contribution in [1.82, 2.24) is 10.2 Å². The summed E-state index contributed by atoms with van der Waals surface area (Å²) in [6.45, 7) is 2.20. The molecule has 0 saturated carbocycles. The van der Waals surface area contributed by atoms with Crippen molar-refractivity contribution in [2.45, 2.75) is 25.4 Å². The van der Waals surface area contributed by atoms with Gasteiger partial charge in [-0.2, -0.15) is 0 Å². The van der Waals surface area contributed by atoms with Crippen molar-refractivity contribution in [3.8, 4) is 11.5 Å². The minimum Gasteiger partial charge on any atom is -0.543 e. The smallest absolute Gasteiger partial charge is 0.329 e. The first kappa shape index (κ1) is 27.0. The maximum Gasteiger partial charge on any atom is 0.329 e. The SMILES string of the molecule is COC(=O)C1CSCN1C(=O)CNC(C)Cc1ccc(OC)c(OC)c1.O=C([O-])C(=O)[O-]. The van der Waals surface area contributed by atoms with Gasteiger partial charge in [-0.15, -0.1) is 11.8 Å². The van der Waals surface area contributed by atoms with Crippen molar-refractivity contribution in [1.29, 1.82) is 0 Å². The number of nitrogens with one attached hydrogen (secondary N) is 1. The molecule has 178 valence electrons. The van der Waals surface area contributed by atoms with Crippen LogP contribution in [0, 0.1) is 0 Å². The zero-order valence-electron chi connectivity index (χ0n) is 18.2. The first-order valence-electron chi connectivity index (χ1n) is 9.46. The minimum atomic E-state index is -2.19. The monoisotopic (exact) mass is 470 g/mol. The molecule has 1 aromatic carbocycles. The van der Waals surface area contributed by atoms with Gasteiger partial charge in [-0.1, -0.05) is 6.07 Å². The number of methoxy groups -OCH3 is 3. The Labute approximate surface area is 190 Å². The summed E-state index contributed by atoms with van der Waals surface area (Å²) < 4.78 is 15.3. The van der Waals surface area contributed by atoms with Gasteiger partial charge in [0.1, 0.15) is 6.04 Å². The number of hydrogen-bond acceptors (Lipinski definition) is 11. The maximum atomic E-state index is 12.4. The number of ether oxygens (including phenoxy) is 3. The second-order valence-electron chi connectivity index (χ2n) is 6.65. The molecule has 0 aromatic heterocycles. The molecule has 2 unspecified atom stereocenters. The van der Waals surface area contributed by atoms with Crippen molar-refractivity contribution in [3.63, 3.8) is 0 Å². The van der Waals surface area contributed by atoms with E-state index in [0.29, 0.717) is 23.1 Å². The van der Waals surface area contributed by atoms with Crippen LogP contribution in [0.5, 0.6) is 11.5 Å². The highest BCUT2D eigenvalue weighted by molar-refractivity contribution is 7.99. The molecule has 0 bridgehead atoms. The lowest BCUT2D eigenvalue weighted by molar-refractivity contribution is -0.345. The largest absolute Gasteiger partial charge is 0.543 e. The summed E-state index contributed by atoms with van der Waals surface area (Å²) >= 11 is 1.56. The van der Waals surface area contributed by atoms with Gasteiger partial charge in [0.15, 0.2) is 11.5 Å². The summed E-state index contributed by atoms with van der Waals surface area (Å²) in [7, 11) is 4.55. The second-order valence-corrected chi connectivity index (χ2v) is 7.65. The second kappa shape index (κ2) is 13.4. The highest BCUT2D eigenvalue weighted by atomic mass is 32.2. The average molecular weight is 471 g/mol. The molecule has 1 aliphatic rings. The van der Waals surface area contributed by atoms with Gasteiger partial charge in [0.05, 0.1) is 45.7 Å². The zero-order chi connectivity index (χ0) is 24.3. The summed E-state index contributed by atoms with van der Waals surface area (Å²) in [5, 5.41) is 21.1. The summed E-state index contributed by atoms with van der Waals surface area (Å²) in [6.07, 6.45) is 0.739. The van der Waals surface area contributed by atoms with E-state index in [4.69, 9.17) is 34.0 Å². The van der Waals surface area contributed by atoms with E-state index >= 15 is 0 Å². The van der Waals surface area contributed by atoms with Crippen LogP contribution in [0.3, 0.4) is 0 Å². The Hall–Kier alpha value is -2.99. The predicted octanol–water partition coefficient (Wildman–Crippen LogP) is -2.21. The van der Waals surface area contributed by atoms with Crippen molar-refractivity contribution < 1.29 is 43.6 Å². The van der Waals surface area contributed by atoms with E-state index in [0.717, 1.165) is 12.0 Å². The van der Waals surface area contributed by atoms with E-state index in [-0.39, 0.29) is 24.5 Å². The van der Waals surface area contributed by atoms with Crippen LogP contribution in [0.1, 0.15) is 12.5 Å². The van der Waals surface area contributed by atoms with Gasteiger partial charge in [-0.3, -0.25) is 4.79 Å². The molecule has 32 heavy (non-hydrogen) atoms. The quantitative estimate of drug-likeness (QED) is 0.324. The number of amides is 1. The Bertz CT molecular complexity index is 806. The van der Waals surface area contributed by atoms with Gasteiger partial charge in [0.25, 0.3) is 0 Å². The van der Waals surface area contributed by atoms with E-state index in [9.17, 15) is 9.59 Å². The van der Waals surface area contributed by atoms with Crippen LogP contribution in [-0.2, 0) is 30.3 Å². The van der Waals surface area contributed by atoms with Crippen LogP contribution in [0.4, 0.5) is 0 Å². The lowest BCUT2D eigenvalue weighted by Gasteiger charge is -2.23. The fourth-order valence-corrected chi connectivity index (χ4v) is 3.98. The van der Waals surface area contributed by atoms with Crippen LogP contribution in [0.15, 0.2) is 18.2 Å². The number of carbonyl (C=O) groups excluding carboxylic acids is 4. The Balaban J connectivity index is 0.000000751. The van der Waals surface area contributed by atoms with Gasteiger partial charge in [-0.05, 0) is 31.0 Å². The molecule has 1 amide bonds. The number of carbonyl (C=O) groups is 4. The van der Waals surface area contributed by atoms with Crippen LogP contribution in [0.25, 0.3) is 0 Å².